The Morgan fingerprint density at radius 1 is 1.46 bits per heavy atom. The smallest absolute Gasteiger partial charge is 0.427 e. The molecule has 66 valence electrons. The van der Waals surface area contributed by atoms with E-state index in [0.717, 1.165) is 11.0 Å². The van der Waals surface area contributed by atoms with Gasteiger partial charge in [0.25, 0.3) is 0 Å². The second-order valence-corrected chi connectivity index (χ2v) is 4.31. The molecule has 1 aromatic carbocycles. The average Bonchev–Trinajstić information content (AvgIpc) is 2.19. The summed E-state index contributed by atoms with van der Waals surface area (Å²) in [5.74, 6) is 0. The fraction of sp³-hybridized carbons (Fsp3) is 0. The van der Waals surface area contributed by atoms with Crippen molar-refractivity contribution in [2.24, 2.45) is 5.10 Å². The molecule has 0 spiro atoms. The normalized spacial score (nSPS) is 14.6. The van der Waals surface area contributed by atoms with Crippen molar-refractivity contribution >= 4 is 49.1 Å². The molecule has 0 saturated heterocycles. The van der Waals surface area contributed by atoms with Gasteiger partial charge in [-0.3, -0.25) is 0 Å². The van der Waals surface area contributed by atoms with Gasteiger partial charge in [0.05, 0.1) is 6.21 Å². The first kappa shape index (κ1) is 9.35. The van der Waals surface area contributed by atoms with Crippen molar-refractivity contribution in [2.45, 2.75) is 0 Å². The van der Waals surface area contributed by atoms with Crippen LogP contribution in [0.15, 0.2) is 29.4 Å². The van der Waals surface area contributed by atoms with Crippen LogP contribution in [0, 0.1) is 0 Å². The molecule has 0 fully saturated rings. The SMILES string of the molecule is OB1c2ccccc2C=NN1SI. The molecule has 0 atom stereocenters. The van der Waals surface area contributed by atoms with Crippen LogP contribution in [0.1, 0.15) is 5.56 Å². The van der Waals surface area contributed by atoms with Gasteiger partial charge in [0.15, 0.2) is 0 Å². The molecule has 3 nitrogen and oxygen atoms in total. The van der Waals surface area contributed by atoms with Crippen molar-refractivity contribution in [1.29, 1.82) is 0 Å². The minimum atomic E-state index is -0.636. The van der Waals surface area contributed by atoms with Gasteiger partial charge in [-0.15, -0.1) is 0 Å². The Morgan fingerprint density at radius 3 is 3.00 bits per heavy atom. The molecule has 2 rings (SSSR count). The fourth-order valence-corrected chi connectivity index (χ4v) is 2.44. The van der Waals surface area contributed by atoms with E-state index in [9.17, 15) is 5.02 Å². The zero-order valence-electron chi connectivity index (χ0n) is 6.59. The summed E-state index contributed by atoms with van der Waals surface area (Å²) in [4.78, 5) is 0. The molecule has 1 aliphatic rings. The van der Waals surface area contributed by atoms with Gasteiger partial charge in [0.1, 0.15) is 0 Å². The number of hydrogen-bond donors (Lipinski definition) is 1. The van der Waals surface area contributed by atoms with E-state index in [1.54, 1.807) is 10.5 Å². The lowest BCUT2D eigenvalue weighted by atomic mass is 9.72. The lowest BCUT2D eigenvalue weighted by Gasteiger charge is -2.22. The molecule has 6 heteroatoms. The summed E-state index contributed by atoms with van der Waals surface area (Å²) in [6.45, 7) is 0. The van der Waals surface area contributed by atoms with Gasteiger partial charge in [-0.25, -0.2) is 4.33 Å². The minimum Gasteiger partial charge on any atom is -0.427 e. The summed E-state index contributed by atoms with van der Waals surface area (Å²) >= 11 is 2.09. The van der Waals surface area contributed by atoms with Crippen molar-refractivity contribution in [3.63, 3.8) is 0 Å². The van der Waals surface area contributed by atoms with Crippen LogP contribution in [0.3, 0.4) is 0 Å². The first-order valence-corrected chi connectivity index (χ1v) is 7.03. The maximum atomic E-state index is 9.81. The number of fused-ring (bicyclic) bond motifs is 1. The molecule has 0 radical (unpaired) electrons. The summed E-state index contributed by atoms with van der Waals surface area (Å²) < 4.78 is 1.56. The zero-order valence-corrected chi connectivity index (χ0v) is 9.57. The van der Waals surface area contributed by atoms with E-state index < -0.39 is 7.05 Å². The summed E-state index contributed by atoms with van der Waals surface area (Å²) in [7, 11) is 0.737. The van der Waals surface area contributed by atoms with Crippen LogP contribution in [0.4, 0.5) is 0 Å². The van der Waals surface area contributed by atoms with Crippen LogP contribution in [-0.2, 0) is 0 Å². The van der Waals surface area contributed by atoms with E-state index in [0.29, 0.717) is 0 Å². The van der Waals surface area contributed by atoms with Crippen LogP contribution in [0.5, 0.6) is 0 Å². The molecule has 0 aromatic heterocycles. The lowest BCUT2D eigenvalue weighted by molar-refractivity contribution is 0.518. The highest BCUT2D eigenvalue weighted by Gasteiger charge is 2.28. The molecule has 1 aromatic rings. The van der Waals surface area contributed by atoms with Gasteiger partial charge in [0.2, 0.25) is 0 Å². The molecule has 0 aliphatic carbocycles. The highest BCUT2D eigenvalue weighted by molar-refractivity contribution is 14.2. The van der Waals surface area contributed by atoms with Gasteiger partial charge in [0, 0.05) is 30.3 Å². The largest absolute Gasteiger partial charge is 0.478 e. The highest BCUT2D eigenvalue weighted by atomic mass is 127. The van der Waals surface area contributed by atoms with Crippen LogP contribution >= 0.6 is 30.3 Å². The van der Waals surface area contributed by atoms with E-state index in [1.165, 1.54) is 9.12 Å². The molecule has 1 heterocycles. The van der Waals surface area contributed by atoms with E-state index in [2.05, 4.69) is 26.3 Å². The zero-order chi connectivity index (χ0) is 9.26. The highest BCUT2D eigenvalue weighted by Crippen LogP contribution is 2.21. The Kier molecular flexibility index (Phi) is 2.80. The van der Waals surface area contributed by atoms with Crippen molar-refractivity contribution < 1.29 is 5.02 Å². The second kappa shape index (κ2) is 3.89. The summed E-state index contributed by atoms with van der Waals surface area (Å²) in [6.07, 6.45) is 1.76. The van der Waals surface area contributed by atoms with Gasteiger partial charge in [-0.1, -0.05) is 24.3 Å². The summed E-state index contributed by atoms with van der Waals surface area (Å²) in [6, 6.07) is 7.70. The van der Waals surface area contributed by atoms with Crippen LogP contribution in [0.25, 0.3) is 0 Å². The summed E-state index contributed by atoms with van der Waals surface area (Å²) in [5, 5.41) is 13.9. The molecule has 1 aliphatic heterocycles. The number of hydrogen-bond acceptors (Lipinski definition) is 4. The van der Waals surface area contributed by atoms with E-state index in [1.807, 2.05) is 24.3 Å². The van der Waals surface area contributed by atoms with Gasteiger partial charge >= 0.3 is 7.05 Å². The number of rotatable bonds is 1. The first-order valence-electron chi connectivity index (χ1n) is 3.72. The van der Waals surface area contributed by atoms with Crippen LogP contribution < -0.4 is 5.46 Å². The standard InChI is InChI=1S/C7H6BIN2OS/c9-13-11-8(12)7-4-2-1-3-6(7)5-10-11/h1-5,12H. The third-order valence-corrected chi connectivity index (χ3v) is 3.51. The molecule has 0 saturated carbocycles. The topological polar surface area (TPSA) is 35.8 Å². The fourth-order valence-electron chi connectivity index (χ4n) is 1.22. The van der Waals surface area contributed by atoms with Crippen LogP contribution in [-0.4, -0.2) is 22.6 Å². The Bertz CT molecular complexity index is 349. The van der Waals surface area contributed by atoms with Crippen molar-refractivity contribution in [3.8, 4) is 0 Å². The predicted molar refractivity (Wildman–Crippen MR) is 65.1 cm³/mol. The van der Waals surface area contributed by atoms with Gasteiger partial charge in [-0.2, -0.15) is 5.10 Å². The third-order valence-electron chi connectivity index (χ3n) is 1.86. The molecule has 1 N–H and O–H groups in total. The van der Waals surface area contributed by atoms with E-state index in [4.69, 9.17) is 0 Å². The maximum absolute atomic E-state index is 9.81. The summed E-state index contributed by atoms with van der Waals surface area (Å²) in [5.41, 5.74) is 1.89. The number of nitrogens with zero attached hydrogens (tertiary/aromatic N) is 2. The maximum Gasteiger partial charge on any atom is 0.478 e. The van der Waals surface area contributed by atoms with E-state index >= 15 is 0 Å². The molecular weight excluding hydrogens is 298 g/mol. The second-order valence-electron chi connectivity index (χ2n) is 2.62. The number of benzene rings is 1. The van der Waals surface area contributed by atoms with Gasteiger partial charge in [-0.05, 0) is 11.0 Å². The quantitative estimate of drug-likeness (QED) is 0.478. The monoisotopic (exact) mass is 304 g/mol. The molecule has 0 bridgehead atoms. The first-order chi connectivity index (χ1) is 6.33. The Balaban J connectivity index is 2.42. The molecule has 0 amide bonds. The Hall–Kier alpha value is -0.205. The minimum absolute atomic E-state index is 0.636. The number of hydrazone groups is 1. The molecule has 0 unspecified atom stereocenters. The van der Waals surface area contributed by atoms with Crippen LogP contribution in [0.2, 0.25) is 0 Å². The third kappa shape index (κ3) is 1.70. The lowest BCUT2D eigenvalue weighted by Crippen LogP contribution is -2.46. The predicted octanol–water partition coefficient (Wildman–Crippen LogP) is 1.02. The van der Waals surface area contributed by atoms with Crippen molar-refractivity contribution in [1.82, 2.24) is 4.33 Å². The Morgan fingerprint density at radius 2 is 2.23 bits per heavy atom. The Labute approximate surface area is 93.1 Å². The average molecular weight is 304 g/mol. The van der Waals surface area contributed by atoms with Crippen molar-refractivity contribution in [2.75, 3.05) is 0 Å². The van der Waals surface area contributed by atoms with Crippen molar-refractivity contribution in [3.05, 3.63) is 29.8 Å². The van der Waals surface area contributed by atoms with E-state index in [-0.39, 0.29) is 0 Å². The molecule has 13 heavy (non-hydrogen) atoms. The number of halogens is 1. The van der Waals surface area contributed by atoms with Gasteiger partial charge < -0.3 is 5.02 Å². The molecular formula is C7H6BIN2OS.